The van der Waals surface area contributed by atoms with E-state index in [0.29, 0.717) is 11.1 Å². The third-order valence-corrected chi connectivity index (χ3v) is 9.41. The second-order valence-electron chi connectivity index (χ2n) is 12.0. The smallest absolute Gasteiger partial charge is 0.101 e. The van der Waals surface area contributed by atoms with Crippen molar-refractivity contribution in [3.05, 3.63) is 169 Å². The number of benzene rings is 7. The van der Waals surface area contributed by atoms with Gasteiger partial charge < -0.3 is 9.13 Å². The average molecular weight is 611 g/mol. The van der Waals surface area contributed by atoms with Crippen molar-refractivity contribution < 1.29 is 0 Å². The number of fused-ring (bicyclic) bond motifs is 6. The van der Waals surface area contributed by atoms with Gasteiger partial charge in [-0.25, -0.2) is 0 Å². The first kappa shape index (κ1) is 27.4. The molecule has 0 unspecified atom stereocenters. The van der Waals surface area contributed by atoms with Crippen molar-refractivity contribution in [3.63, 3.8) is 0 Å². The predicted molar refractivity (Wildman–Crippen MR) is 195 cm³/mol. The van der Waals surface area contributed by atoms with Crippen LogP contribution in [0.3, 0.4) is 0 Å². The van der Waals surface area contributed by atoms with Gasteiger partial charge in [-0.1, -0.05) is 109 Å². The second kappa shape index (κ2) is 10.9. The highest BCUT2D eigenvalue weighted by Crippen LogP contribution is 2.39. The molecule has 0 fully saturated rings. The van der Waals surface area contributed by atoms with Gasteiger partial charge in [-0.2, -0.15) is 10.5 Å². The molecule has 7 aromatic carbocycles. The van der Waals surface area contributed by atoms with Crippen LogP contribution in [0.4, 0.5) is 0 Å². The Bertz CT molecular complexity index is 2760. The molecule has 0 radical (unpaired) electrons. The van der Waals surface area contributed by atoms with E-state index < -0.39 is 0 Å². The summed E-state index contributed by atoms with van der Waals surface area (Å²) in [7, 11) is 0. The van der Waals surface area contributed by atoms with Gasteiger partial charge in [0, 0.05) is 32.8 Å². The molecule has 0 amide bonds. The molecule has 2 heterocycles. The van der Waals surface area contributed by atoms with Crippen LogP contribution in [0.1, 0.15) is 11.1 Å². The Hall–Kier alpha value is -6.88. The van der Waals surface area contributed by atoms with E-state index in [1.165, 1.54) is 10.8 Å². The van der Waals surface area contributed by atoms with E-state index in [1.807, 2.05) is 36.4 Å². The standard InChI is InChI=1S/C44H26N4/c45-27-31-13-10-18-39-38-17-4-6-20-41(38)47(44(31)39)33-23-24-34(32(26-33)28-46)29-11-9-12-30(25-29)35-14-1-5-19-40(35)48-42-21-7-2-15-36(42)37-16-3-8-22-43(37)48/h1-26H. The lowest BCUT2D eigenvalue weighted by molar-refractivity contribution is 1.17. The van der Waals surface area contributed by atoms with Crippen LogP contribution < -0.4 is 0 Å². The molecule has 0 aliphatic carbocycles. The highest BCUT2D eigenvalue weighted by molar-refractivity contribution is 6.11. The second-order valence-corrected chi connectivity index (χ2v) is 12.0. The summed E-state index contributed by atoms with van der Waals surface area (Å²) in [6, 6.07) is 58.9. The molecule has 0 saturated heterocycles. The molecule has 48 heavy (non-hydrogen) atoms. The van der Waals surface area contributed by atoms with Crippen LogP contribution in [-0.4, -0.2) is 9.13 Å². The summed E-state index contributed by atoms with van der Waals surface area (Å²) >= 11 is 0. The maximum atomic E-state index is 10.5. The fourth-order valence-electron chi connectivity index (χ4n) is 7.34. The lowest BCUT2D eigenvalue weighted by Gasteiger charge is -2.15. The minimum absolute atomic E-state index is 0.570. The topological polar surface area (TPSA) is 57.4 Å². The minimum atomic E-state index is 0.570. The van der Waals surface area contributed by atoms with Gasteiger partial charge in [-0.05, 0) is 65.2 Å². The van der Waals surface area contributed by atoms with Crippen LogP contribution in [-0.2, 0) is 0 Å². The Labute approximate surface area is 277 Å². The summed E-state index contributed by atoms with van der Waals surface area (Å²) in [6.07, 6.45) is 0. The Morgan fingerprint density at radius 1 is 0.396 bits per heavy atom. The van der Waals surface area contributed by atoms with Crippen LogP contribution in [0, 0.1) is 22.7 Å². The highest BCUT2D eigenvalue weighted by atomic mass is 15.0. The van der Waals surface area contributed by atoms with E-state index in [2.05, 4.69) is 143 Å². The van der Waals surface area contributed by atoms with E-state index in [0.717, 1.165) is 66.5 Å². The van der Waals surface area contributed by atoms with Gasteiger partial charge in [0.05, 0.1) is 45.0 Å². The molecule has 9 aromatic rings. The molecule has 0 saturated carbocycles. The van der Waals surface area contributed by atoms with Crippen LogP contribution in [0.15, 0.2) is 158 Å². The molecule has 0 spiro atoms. The number of para-hydroxylation sites is 5. The third kappa shape index (κ3) is 4.07. The van der Waals surface area contributed by atoms with Crippen molar-refractivity contribution in [2.45, 2.75) is 0 Å². The van der Waals surface area contributed by atoms with Crippen LogP contribution in [0.5, 0.6) is 0 Å². The number of nitrogens with zero attached hydrogens (tertiary/aromatic N) is 4. The normalized spacial score (nSPS) is 11.3. The molecule has 0 aliphatic rings. The minimum Gasteiger partial charge on any atom is -0.309 e. The fourth-order valence-corrected chi connectivity index (χ4v) is 7.34. The zero-order valence-electron chi connectivity index (χ0n) is 25.8. The van der Waals surface area contributed by atoms with Crippen LogP contribution in [0.2, 0.25) is 0 Å². The molecule has 4 heteroatoms. The zero-order chi connectivity index (χ0) is 32.2. The van der Waals surface area contributed by atoms with Gasteiger partial charge in [0.15, 0.2) is 0 Å². The quantitative estimate of drug-likeness (QED) is 0.199. The van der Waals surface area contributed by atoms with Crippen molar-refractivity contribution in [1.82, 2.24) is 9.13 Å². The van der Waals surface area contributed by atoms with Crippen molar-refractivity contribution in [3.8, 4) is 45.8 Å². The van der Waals surface area contributed by atoms with Gasteiger partial charge in [0.25, 0.3) is 0 Å². The van der Waals surface area contributed by atoms with Gasteiger partial charge in [0.2, 0.25) is 0 Å². The van der Waals surface area contributed by atoms with Crippen molar-refractivity contribution in [2.75, 3.05) is 0 Å². The van der Waals surface area contributed by atoms with E-state index in [4.69, 9.17) is 0 Å². The molecular weight excluding hydrogens is 585 g/mol. The highest BCUT2D eigenvalue weighted by Gasteiger charge is 2.18. The first-order chi connectivity index (χ1) is 23.7. The summed E-state index contributed by atoms with van der Waals surface area (Å²) in [6.45, 7) is 0. The largest absolute Gasteiger partial charge is 0.309 e. The Morgan fingerprint density at radius 3 is 1.62 bits per heavy atom. The maximum Gasteiger partial charge on any atom is 0.101 e. The third-order valence-electron chi connectivity index (χ3n) is 9.41. The molecule has 4 nitrogen and oxygen atoms in total. The Morgan fingerprint density at radius 2 is 0.938 bits per heavy atom. The molecular formula is C44H26N4. The van der Waals surface area contributed by atoms with Gasteiger partial charge in [-0.15, -0.1) is 0 Å². The van der Waals surface area contributed by atoms with Crippen molar-refractivity contribution in [1.29, 1.82) is 10.5 Å². The predicted octanol–water partition coefficient (Wildman–Crippen LogP) is 11.0. The monoisotopic (exact) mass is 610 g/mol. The van der Waals surface area contributed by atoms with Crippen molar-refractivity contribution >= 4 is 43.6 Å². The van der Waals surface area contributed by atoms with E-state index in [1.54, 1.807) is 0 Å². The van der Waals surface area contributed by atoms with Gasteiger partial charge in [0.1, 0.15) is 6.07 Å². The number of hydrogen-bond donors (Lipinski definition) is 0. The fraction of sp³-hybridized carbons (Fsp3) is 0. The summed E-state index contributed by atoms with van der Waals surface area (Å²) < 4.78 is 4.45. The number of hydrogen-bond acceptors (Lipinski definition) is 2. The lowest BCUT2D eigenvalue weighted by Crippen LogP contribution is -1.98. The lowest BCUT2D eigenvalue weighted by atomic mass is 9.95. The van der Waals surface area contributed by atoms with E-state index >= 15 is 0 Å². The number of nitriles is 2. The van der Waals surface area contributed by atoms with Crippen molar-refractivity contribution in [2.24, 2.45) is 0 Å². The molecule has 0 bridgehead atoms. The number of rotatable bonds is 4. The summed E-state index contributed by atoms with van der Waals surface area (Å²) in [5.41, 5.74) is 11.3. The van der Waals surface area contributed by atoms with Crippen LogP contribution in [0.25, 0.3) is 77.2 Å². The summed E-state index contributed by atoms with van der Waals surface area (Å²) in [5.74, 6) is 0. The maximum absolute atomic E-state index is 10.5. The zero-order valence-corrected chi connectivity index (χ0v) is 25.8. The number of aromatic nitrogens is 2. The Balaban J connectivity index is 1.20. The van der Waals surface area contributed by atoms with E-state index in [9.17, 15) is 10.5 Å². The first-order valence-corrected chi connectivity index (χ1v) is 15.9. The molecule has 0 N–H and O–H groups in total. The summed E-state index contributed by atoms with van der Waals surface area (Å²) in [5, 5.41) is 25.0. The van der Waals surface area contributed by atoms with Gasteiger partial charge >= 0.3 is 0 Å². The van der Waals surface area contributed by atoms with Crippen LogP contribution >= 0.6 is 0 Å². The summed E-state index contributed by atoms with van der Waals surface area (Å²) in [4.78, 5) is 0. The first-order valence-electron chi connectivity index (χ1n) is 15.9. The molecule has 9 rings (SSSR count). The van der Waals surface area contributed by atoms with E-state index in [-0.39, 0.29) is 0 Å². The average Bonchev–Trinajstić information content (AvgIpc) is 3.68. The molecule has 0 aliphatic heterocycles. The SMILES string of the molecule is N#Cc1cc(-n2c3ccccc3c3cccc(C#N)c32)ccc1-c1cccc(-c2ccccc2-n2c3ccccc3c3ccccc32)c1. The van der Waals surface area contributed by atoms with Gasteiger partial charge in [-0.3, -0.25) is 0 Å². The molecule has 222 valence electrons. The molecule has 2 aromatic heterocycles. The molecule has 0 atom stereocenters. The Kier molecular flexibility index (Phi) is 6.22.